The summed E-state index contributed by atoms with van der Waals surface area (Å²) in [5, 5.41) is 8.21. The number of ether oxygens (including phenoxy) is 2. The summed E-state index contributed by atoms with van der Waals surface area (Å²) in [6.07, 6.45) is -3.59. The van der Waals surface area contributed by atoms with Crippen LogP contribution in [-0.4, -0.2) is 77.4 Å². The third-order valence-corrected chi connectivity index (χ3v) is 6.83. The zero-order valence-corrected chi connectivity index (χ0v) is 23.0. The zero-order chi connectivity index (χ0) is 31.4. The Morgan fingerprint density at radius 1 is 1.00 bits per heavy atom. The van der Waals surface area contributed by atoms with Crippen molar-refractivity contribution in [2.45, 2.75) is 6.18 Å². The summed E-state index contributed by atoms with van der Waals surface area (Å²) in [5.41, 5.74) is 4.75. The summed E-state index contributed by atoms with van der Waals surface area (Å²) in [7, 11) is 0. The molecule has 1 saturated heterocycles. The van der Waals surface area contributed by atoms with E-state index in [1.807, 2.05) is 5.32 Å². The maximum absolute atomic E-state index is 15.1. The number of carbonyl (C=O) groups excluding carboxylic acids is 2. The van der Waals surface area contributed by atoms with Crippen molar-refractivity contribution in [3.63, 3.8) is 0 Å². The predicted octanol–water partition coefficient (Wildman–Crippen LogP) is 4.45. The number of nitrogens with two attached hydrogens (primary N) is 1. The first kappa shape index (κ1) is 30.8. The van der Waals surface area contributed by atoms with Gasteiger partial charge in [-0.15, -0.1) is 0 Å². The van der Waals surface area contributed by atoms with Gasteiger partial charge >= 0.3 is 12.2 Å². The fourth-order valence-electron chi connectivity index (χ4n) is 4.60. The van der Waals surface area contributed by atoms with Gasteiger partial charge < -0.3 is 25.8 Å². The van der Waals surface area contributed by atoms with Crippen LogP contribution in [0.3, 0.4) is 0 Å². The van der Waals surface area contributed by atoms with Crippen LogP contribution < -0.4 is 16.4 Å². The Hall–Kier alpha value is -4.67. The lowest BCUT2D eigenvalue weighted by atomic mass is 10.1. The van der Waals surface area contributed by atoms with Gasteiger partial charge in [0.15, 0.2) is 5.82 Å². The van der Waals surface area contributed by atoms with Crippen molar-refractivity contribution in [1.29, 1.82) is 0 Å². The summed E-state index contributed by atoms with van der Waals surface area (Å²) in [6.45, 7) is 3.57. The van der Waals surface area contributed by atoms with Gasteiger partial charge in [0.05, 0.1) is 36.8 Å². The van der Waals surface area contributed by atoms with E-state index in [4.69, 9.17) is 15.2 Å². The van der Waals surface area contributed by atoms with Crippen molar-refractivity contribution >= 4 is 34.5 Å². The van der Waals surface area contributed by atoms with Gasteiger partial charge in [-0.25, -0.2) is 23.1 Å². The van der Waals surface area contributed by atoms with Gasteiger partial charge in [0.2, 0.25) is 5.78 Å². The quantitative estimate of drug-likeness (QED) is 0.142. The number of alkyl halides is 3. The average molecular weight is 620 g/mol. The maximum Gasteiger partial charge on any atom is 0.416 e. The molecule has 1 aliphatic rings. The molecule has 0 aliphatic carbocycles. The Balaban J connectivity index is 1.31. The van der Waals surface area contributed by atoms with Gasteiger partial charge in [-0.2, -0.15) is 18.3 Å². The second-order valence-electron chi connectivity index (χ2n) is 9.74. The molecule has 2 aromatic heterocycles. The number of nitrogen functional groups attached to an aromatic ring is 1. The average Bonchev–Trinajstić information content (AvgIpc) is 3.38. The number of morpholine rings is 1. The summed E-state index contributed by atoms with van der Waals surface area (Å²) >= 11 is 0. The zero-order valence-electron chi connectivity index (χ0n) is 23.0. The van der Waals surface area contributed by atoms with E-state index in [9.17, 15) is 27.2 Å². The maximum atomic E-state index is 15.1. The van der Waals surface area contributed by atoms with Crippen LogP contribution in [0.1, 0.15) is 16.1 Å². The van der Waals surface area contributed by atoms with E-state index in [1.54, 1.807) is 0 Å². The van der Waals surface area contributed by atoms with Gasteiger partial charge in [0, 0.05) is 25.2 Å². The molecule has 3 heterocycles. The number of hydrogen-bond acceptors (Lipinski definition) is 8. The first-order valence-corrected chi connectivity index (χ1v) is 13.3. The molecule has 2 aromatic carbocycles. The summed E-state index contributed by atoms with van der Waals surface area (Å²) < 4.78 is 80.2. The summed E-state index contributed by atoms with van der Waals surface area (Å²) in [5.74, 6) is -2.43. The van der Waals surface area contributed by atoms with Crippen LogP contribution in [0.2, 0.25) is 0 Å². The van der Waals surface area contributed by atoms with Crippen LogP contribution in [0.25, 0.3) is 16.6 Å². The fraction of sp³-hybridized carbons (Fsp3) is 0.286. The number of urea groups is 1. The minimum Gasteiger partial charge on any atom is -0.382 e. The van der Waals surface area contributed by atoms with E-state index in [1.165, 1.54) is 29.0 Å². The van der Waals surface area contributed by atoms with Gasteiger partial charge in [0.1, 0.15) is 35.8 Å². The lowest BCUT2D eigenvalue weighted by Gasteiger charge is -2.26. The van der Waals surface area contributed by atoms with Crippen LogP contribution in [0.4, 0.5) is 43.9 Å². The number of ketones is 1. The molecule has 0 atom stereocenters. The number of halogens is 5. The Morgan fingerprint density at radius 2 is 1.75 bits per heavy atom. The SMILES string of the molecule is Nc1ncnn2c(C(=O)COCCN3CCOCC3)cc(-c3ccc(NC(=O)Nc4cc(C(F)(F)F)ccc4F)c(F)c3)c12. The number of nitrogens with one attached hydrogen (secondary N) is 2. The second-order valence-corrected chi connectivity index (χ2v) is 9.74. The van der Waals surface area contributed by atoms with E-state index < -0.39 is 40.9 Å². The van der Waals surface area contributed by atoms with Gasteiger partial charge in [-0.3, -0.25) is 9.69 Å². The normalized spacial score (nSPS) is 14.1. The Labute approximate surface area is 246 Å². The number of carbonyl (C=O) groups is 2. The van der Waals surface area contributed by atoms with E-state index in [2.05, 4.69) is 20.3 Å². The highest BCUT2D eigenvalue weighted by atomic mass is 19.4. The summed E-state index contributed by atoms with van der Waals surface area (Å²) in [4.78, 5) is 31.6. The van der Waals surface area contributed by atoms with E-state index >= 15 is 4.39 Å². The highest BCUT2D eigenvalue weighted by Gasteiger charge is 2.31. The van der Waals surface area contributed by atoms with E-state index in [0.29, 0.717) is 50.1 Å². The lowest BCUT2D eigenvalue weighted by Crippen LogP contribution is -2.38. The van der Waals surface area contributed by atoms with Gasteiger partial charge in [-0.05, 0) is 42.0 Å². The van der Waals surface area contributed by atoms with Crippen molar-refractivity contribution in [3.05, 3.63) is 71.7 Å². The van der Waals surface area contributed by atoms with Crippen molar-refractivity contribution < 1.29 is 41.0 Å². The highest BCUT2D eigenvalue weighted by Crippen LogP contribution is 2.34. The van der Waals surface area contributed by atoms with Crippen LogP contribution >= 0.6 is 0 Å². The minimum atomic E-state index is -4.76. The monoisotopic (exact) mass is 619 g/mol. The lowest BCUT2D eigenvalue weighted by molar-refractivity contribution is -0.137. The van der Waals surface area contributed by atoms with Gasteiger partial charge in [-0.1, -0.05) is 6.07 Å². The van der Waals surface area contributed by atoms with Gasteiger partial charge in [0.25, 0.3) is 0 Å². The molecule has 2 amide bonds. The molecule has 1 fully saturated rings. The van der Waals surface area contributed by atoms with Crippen LogP contribution in [-0.2, 0) is 15.7 Å². The molecule has 5 rings (SSSR count). The number of benzene rings is 2. The van der Waals surface area contributed by atoms with Crippen LogP contribution in [0, 0.1) is 11.6 Å². The molecule has 16 heteroatoms. The number of nitrogens with zero attached hydrogens (tertiary/aromatic N) is 4. The molecule has 0 spiro atoms. The third-order valence-electron chi connectivity index (χ3n) is 6.83. The number of fused-ring (bicyclic) bond motifs is 1. The fourth-order valence-corrected chi connectivity index (χ4v) is 4.60. The molecule has 11 nitrogen and oxygen atoms in total. The van der Waals surface area contributed by atoms with Crippen molar-refractivity contribution in [2.75, 3.05) is 62.4 Å². The van der Waals surface area contributed by atoms with Crippen molar-refractivity contribution in [3.8, 4) is 11.1 Å². The molecule has 232 valence electrons. The Bertz CT molecular complexity index is 1690. The molecule has 0 radical (unpaired) electrons. The predicted molar refractivity (Wildman–Crippen MR) is 149 cm³/mol. The second kappa shape index (κ2) is 12.9. The molecule has 44 heavy (non-hydrogen) atoms. The minimum absolute atomic E-state index is 0.0207. The summed E-state index contributed by atoms with van der Waals surface area (Å²) in [6, 6.07) is 5.45. The molecule has 1 aliphatic heterocycles. The Kier molecular flexibility index (Phi) is 9.03. The van der Waals surface area contributed by atoms with E-state index in [-0.39, 0.29) is 34.9 Å². The molecule has 0 unspecified atom stereocenters. The Morgan fingerprint density at radius 3 is 2.48 bits per heavy atom. The first-order chi connectivity index (χ1) is 21.0. The molecular formula is C28H26F5N7O4. The standard InChI is InChI=1S/C28H26F5N7O4/c29-19-3-2-17(28(31,32)33)12-22(19)38-27(42)37-21-4-1-16(11-20(21)30)18-13-23(40-25(18)26(34)35-15-36-40)24(41)14-44-10-7-39-5-8-43-9-6-39/h1-4,11-13,15H,5-10,14H2,(H2,34,35,36)(H2,37,38,42). The van der Waals surface area contributed by atoms with Crippen molar-refractivity contribution in [2.24, 2.45) is 0 Å². The smallest absolute Gasteiger partial charge is 0.382 e. The largest absolute Gasteiger partial charge is 0.416 e. The number of anilines is 3. The topological polar surface area (TPSA) is 136 Å². The highest BCUT2D eigenvalue weighted by molar-refractivity contribution is 6.02. The molecular weight excluding hydrogens is 593 g/mol. The number of rotatable bonds is 9. The number of hydrogen-bond donors (Lipinski definition) is 3. The first-order valence-electron chi connectivity index (χ1n) is 13.3. The molecule has 4 N–H and O–H groups in total. The number of Topliss-reactive ketones (excluding diaryl/α,β-unsaturated/α-hetero) is 1. The third kappa shape index (κ3) is 6.93. The van der Waals surface area contributed by atoms with Crippen LogP contribution in [0.5, 0.6) is 0 Å². The van der Waals surface area contributed by atoms with Crippen LogP contribution in [0.15, 0.2) is 48.8 Å². The molecule has 0 saturated carbocycles. The number of amides is 2. The molecule has 4 aromatic rings. The van der Waals surface area contributed by atoms with E-state index in [0.717, 1.165) is 19.2 Å². The number of aromatic nitrogens is 3. The van der Waals surface area contributed by atoms with Crippen molar-refractivity contribution in [1.82, 2.24) is 19.5 Å². The molecule has 0 bridgehead atoms.